The number of nitriles is 1. The van der Waals surface area contributed by atoms with E-state index in [0.717, 1.165) is 41.6 Å². The number of benzene rings is 2. The van der Waals surface area contributed by atoms with Crippen LogP contribution in [0.2, 0.25) is 0 Å². The Morgan fingerprint density at radius 3 is 2.19 bits per heavy atom. The van der Waals surface area contributed by atoms with Crippen LogP contribution in [-0.2, 0) is 24.6 Å². The molecule has 0 amide bonds. The van der Waals surface area contributed by atoms with Gasteiger partial charge in [-0.3, -0.25) is 0 Å². The summed E-state index contributed by atoms with van der Waals surface area (Å²) in [6.07, 6.45) is 1.12. The maximum Gasteiger partial charge on any atom is 0.357 e. The molecular formula is C20H18N4O6S2. The predicted molar refractivity (Wildman–Crippen MR) is 114 cm³/mol. The number of nitrogen functional groups attached to an aromatic ring is 1. The Bertz CT molecular complexity index is 1480. The van der Waals surface area contributed by atoms with Crippen LogP contribution in [0.4, 0.5) is 5.69 Å². The average molecular weight is 475 g/mol. The fraction of sp³-hybridized carbons (Fsp3) is 0.100. The van der Waals surface area contributed by atoms with Gasteiger partial charge in [-0.05, 0) is 37.3 Å². The first kappa shape index (κ1) is 23.0. The second kappa shape index (κ2) is 8.12. The summed E-state index contributed by atoms with van der Waals surface area (Å²) >= 11 is 0. The molecule has 0 saturated carbocycles. The summed E-state index contributed by atoms with van der Waals surface area (Å²) in [4.78, 5) is 11.6. The van der Waals surface area contributed by atoms with Gasteiger partial charge in [0.25, 0.3) is 0 Å². The molecule has 0 aliphatic rings. The standard InChI is InChI=1S/C20H18N4O6S2/c1-12-3-5-14(6-4-12)31(26,27)17-8-7-15(32(23,28)29)9-16(17)24-11-13(10-21)18(22)19(24)20(25)30-2/h3-9,11H,22H2,1-2H3,(H2,23,28,29). The number of sulfonamides is 1. The lowest BCUT2D eigenvalue weighted by Gasteiger charge is -2.15. The van der Waals surface area contributed by atoms with Gasteiger partial charge in [-0.2, -0.15) is 5.26 Å². The maximum absolute atomic E-state index is 13.4. The Balaban J connectivity index is 2.44. The normalized spacial score (nSPS) is 11.7. The van der Waals surface area contributed by atoms with Crippen molar-refractivity contribution in [3.05, 3.63) is 65.5 Å². The summed E-state index contributed by atoms with van der Waals surface area (Å²) in [5.41, 5.74) is 5.77. The molecule has 0 spiro atoms. The van der Waals surface area contributed by atoms with Crippen LogP contribution in [0.25, 0.3) is 5.69 Å². The molecule has 0 bridgehead atoms. The van der Waals surface area contributed by atoms with Crippen molar-refractivity contribution in [3.63, 3.8) is 0 Å². The lowest BCUT2D eigenvalue weighted by molar-refractivity contribution is 0.0593. The third-order valence-electron chi connectivity index (χ3n) is 4.68. The van der Waals surface area contributed by atoms with Crippen LogP contribution < -0.4 is 10.9 Å². The van der Waals surface area contributed by atoms with E-state index in [4.69, 9.17) is 15.6 Å². The summed E-state index contributed by atoms with van der Waals surface area (Å²) in [7, 11) is -7.34. The van der Waals surface area contributed by atoms with Crippen LogP contribution in [0.1, 0.15) is 21.6 Å². The highest BCUT2D eigenvalue weighted by molar-refractivity contribution is 7.91. The largest absolute Gasteiger partial charge is 0.464 e. The molecule has 0 aliphatic carbocycles. The summed E-state index contributed by atoms with van der Waals surface area (Å²) in [6, 6.07) is 10.9. The number of carbonyl (C=O) groups is 1. The number of ether oxygens (including phenoxy) is 1. The summed E-state index contributed by atoms with van der Waals surface area (Å²) in [6.45, 7) is 1.79. The van der Waals surface area contributed by atoms with Gasteiger partial charge in [0.15, 0.2) is 5.69 Å². The van der Waals surface area contributed by atoms with E-state index in [1.807, 2.05) is 0 Å². The minimum atomic E-state index is -4.23. The van der Waals surface area contributed by atoms with E-state index in [1.54, 1.807) is 25.1 Å². The molecule has 0 radical (unpaired) electrons. The highest BCUT2D eigenvalue weighted by atomic mass is 32.2. The average Bonchev–Trinajstić information content (AvgIpc) is 3.08. The Morgan fingerprint density at radius 1 is 1.06 bits per heavy atom. The number of hydrogen-bond donors (Lipinski definition) is 2. The van der Waals surface area contributed by atoms with E-state index in [-0.39, 0.29) is 32.4 Å². The van der Waals surface area contributed by atoms with Crippen LogP contribution in [0, 0.1) is 18.3 Å². The SMILES string of the molecule is COC(=O)c1c(N)c(C#N)cn1-c1cc(S(N)(=O)=O)ccc1S(=O)(=O)c1ccc(C)cc1. The van der Waals surface area contributed by atoms with Crippen molar-refractivity contribution in [1.82, 2.24) is 4.57 Å². The van der Waals surface area contributed by atoms with Crippen LogP contribution >= 0.6 is 0 Å². The molecule has 12 heteroatoms. The minimum absolute atomic E-state index is 0.0621. The van der Waals surface area contributed by atoms with Crippen LogP contribution in [0.3, 0.4) is 0 Å². The smallest absolute Gasteiger partial charge is 0.357 e. The molecular weight excluding hydrogens is 456 g/mol. The first-order valence-corrected chi connectivity index (χ1v) is 11.9. The molecule has 1 heterocycles. The number of rotatable bonds is 5. The van der Waals surface area contributed by atoms with Crippen LogP contribution in [-0.4, -0.2) is 34.5 Å². The molecule has 166 valence electrons. The molecule has 32 heavy (non-hydrogen) atoms. The Hall–Kier alpha value is -3.66. The second-order valence-corrected chi connectivity index (χ2v) is 10.2. The van der Waals surface area contributed by atoms with Gasteiger partial charge in [0.05, 0.1) is 38.7 Å². The fourth-order valence-electron chi connectivity index (χ4n) is 3.04. The molecule has 3 rings (SSSR count). The van der Waals surface area contributed by atoms with Crippen molar-refractivity contribution in [2.45, 2.75) is 21.6 Å². The van der Waals surface area contributed by atoms with Crippen molar-refractivity contribution in [3.8, 4) is 11.8 Å². The molecule has 0 unspecified atom stereocenters. The van der Waals surface area contributed by atoms with E-state index < -0.39 is 30.7 Å². The lowest BCUT2D eigenvalue weighted by Crippen LogP contribution is -2.17. The topological polar surface area (TPSA) is 175 Å². The van der Waals surface area contributed by atoms with E-state index in [2.05, 4.69) is 0 Å². The highest BCUT2D eigenvalue weighted by Crippen LogP contribution is 2.33. The monoisotopic (exact) mass is 474 g/mol. The minimum Gasteiger partial charge on any atom is -0.464 e. The molecule has 0 aliphatic heterocycles. The zero-order valence-electron chi connectivity index (χ0n) is 16.9. The van der Waals surface area contributed by atoms with Gasteiger partial charge >= 0.3 is 5.97 Å². The number of methoxy groups -OCH3 is 1. The predicted octanol–water partition coefficient (Wildman–Crippen LogP) is 1.51. The number of esters is 1. The third kappa shape index (κ3) is 3.96. The van der Waals surface area contributed by atoms with E-state index in [9.17, 15) is 26.9 Å². The zero-order chi connectivity index (χ0) is 23.8. The molecule has 0 atom stereocenters. The summed E-state index contributed by atoms with van der Waals surface area (Å²) in [5.74, 6) is -0.955. The second-order valence-electron chi connectivity index (χ2n) is 6.77. The van der Waals surface area contributed by atoms with Gasteiger partial charge in [0, 0.05) is 6.20 Å². The first-order valence-electron chi connectivity index (χ1n) is 8.90. The number of primary sulfonamides is 1. The number of aromatic nitrogens is 1. The zero-order valence-corrected chi connectivity index (χ0v) is 18.6. The summed E-state index contributed by atoms with van der Waals surface area (Å²) in [5, 5.41) is 14.6. The number of anilines is 1. The molecule has 0 saturated heterocycles. The number of sulfone groups is 1. The molecule has 3 aromatic rings. The molecule has 10 nitrogen and oxygen atoms in total. The lowest BCUT2D eigenvalue weighted by atomic mass is 10.2. The first-order chi connectivity index (χ1) is 14.9. The molecule has 2 aromatic carbocycles. The molecule has 0 fully saturated rings. The number of nitrogens with zero attached hydrogens (tertiary/aromatic N) is 2. The van der Waals surface area contributed by atoms with Crippen LogP contribution in [0.15, 0.2) is 63.3 Å². The Labute approximate surface area is 184 Å². The molecule has 1 aromatic heterocycles. The fourth-order valence-corrected chi connectivity index (χ4v) is 5.00. The third-order valence-corrected chi connectivity index (χ3v) is 7.41. The van der Waals surface area contributed by atoms with Crippen molar-refractivity contribution >= 4 is 31.5 Å². The number of aryl methyl sites for hydroxylation is 1. The highest BCUT2D eigenvalue weighted by Gasteiger charge is 2.29. The van der Waals surface area contributed by atoms with E-state index in [1.165, 1.54) is 12.1 Å². The van der Waals surface area contributed by atoms with Gasteiger partial charge in [-0.15, -0.1) is 0 Å². The van der Waals surface area contributed by atoms with Gasteiger partial charge in [-0.25, -0.2) is 26.8 Å². The van der Waals surface area contributed by atoms with Gasteiger partial charge in [0.1, 0.15) is 6.07 Å². The van der Waals surface area contributed by atoms with Crippen LogP contribution in [0.5, 0.6) is 0 Å². The number of hydrogen-bond acceptors (Lipinski definition) is 8. The number of nitrogens with two attached hydrogens (primary N) is 2. The van der Waals surface area contributed by atoms with Crippen molar-refractivity contribution in [1.29, 1.82) is 5.26 Å². The van der Waals surface area contributed by atoms with Gasteiger partial charge < -0.3 is 15.0 Å². The summed E-state index contributed by atoms with van der Waals surface area (Å²) < 4.78 is 56.4. The van der Waals surface area contributed by atoms with Gasteiger partial charge in [0.2, 0.25) is 19.9 Å². The van der Waals surface area contributed by atoms with Crippen molar-refractivity contribution in [2.75, 3.05) is 12.8 Å². The van der Waals surface area contributed by atoms with E-state index >= 15 is 0 Å². The van der Waals surface area contributed by atoms with Crippen molar-refractivity contribution in [2.24, 2.45) is 5.14 Å². The maximum atomic E-state index is 13.4. The van der Waals surface area contributed by atoms with Gasteiger partial charge in [-0.1, -0.05) is 17.7 Å². The number of carbonyl (C=O) groups excluding carboxylic acids is 1. The van der Waals surface area contributed by atoms with E-state index in [0.29, 0.717) is 0 Å². The van der Waals surface area contributed by atoms with Crippen molar-refractivity contribution < 1.29 is 26.4 Å². The quantitative estimate of drug-likeness (QED) is 0.523. The molecule has 4 N–H and O–H groups in total. The Morgan fingerprint density at radius 2 is 1.66 bits per heavy atom. The Kier molecular flexibility index (Phi) is 5.84.